The molecule has 0 aliphatic carbocycles. The van der Waals surface area contributed by atoms with E-state index in [0.29, 0.717) is 23.9 Å². The molecule has 0 aliphatic heterocycles. The van der Waals surface area contributed by atoms with Gasteiger partial charge in [-0.25, -0.2) is 0 Å². The molecular formula is C15H18ClNO2. The highest BCUT2D eigenvalue weighted by Gasteiger charge is 2.14. The summed E-state index contributed by atoms with van der Waals surface area (Å²) < 4.78 is 10.8. The predicted octanol–water partition coefficient (Wildman–Crippen LogP) is 3.62. The highest BCUT2D eigenvalue weighted by molar-refractivity contribution is 6.32. The predicted molar refractivity (Wildman–Crippen MR) is 76.8 cm³/mol. The number of benzene rings is 1. The Morgan fingerprint density at radius 3 is 2.79 bits per heavy atom. The van der Waals surface area contributed by atoms with Gasteiger partial charge < -0.3 is 14.9 Å². The van der Waals surface area contributed by atoms with Crippen LogP contribution in [-0.4, -0.2) is 13.2 Å². The summed E-state index contributed by atoms with van der Waals surface area (Å²) in [6.07, 6.45) is 2.45. The van der Waals surface area contributed by atoms with Crippen LogP contribution in [0.2, 0.25) is 5.02 Å². The van der Waals surface area contributed by atoms with Crippen molar-refractivity contribution < 1.29 is 9.15 Å². The van der Waals surface area contributed by atoms with Crippen LogP contribution in [0.15, 0.2) is 41.0 Å². The Morgan fingerprint density at radius 2 is 2.21 bits per heavy atom. The first-order valence-electron chi connectivity index (χ1n) is 6.39. The standard InChI is InChI=1S/C15H18ClNO2/c1-2-18-15-6-5-11(9-14(15)16)12(10-17)8-13-4-3-7-19-13/h3-7,9,12H,2,8,10,17H2,1H3. The van der Waals surface area contributed by atoms with Gasteiger partial charge in [0.25, 0.3) is 0 Å². The molecule has 1 aromatic heterocycles. The van der Waals surface area contributed by atoms with E-state index in [1.165, 1.54) is 0 Å². The summed E-state index contributed by atoms with van der Waals surface area (Å²) in [5.41, 5.74) is 6.96. The Kier molecular flexibility index (Phi) is 4.88. The zero-order valence-corrected chi connectivity index (χ0v) is 11.7. The molecule has 3 nitrogen and oxygen atoms in total. The van der Waals surface area contributed by atoms with Crippen LogP contribution in [0, 0.1) is 0 Å². The summed E-state index contributed by atoms with van der Waals surface area (Å²) in [7, 11) is 0. The summed E-state index contributed by atoms with van der Waals surface area (Å²) in [6, 6.07) is 9.67. The van der Waals surface area contributed by atoms with Crippen LogP contribution in [0.4, 0.5) is 0 Å². The van der Waals surface area contributed by atoms with E-state index < -0.39 is 0 Å². The van der Waals surface area contributed by atoms with Crippen molar-refractivity contribution in [3.8, 4) is 5.75 Å². The molecule has 1 heterocycles. The number of furan rings is 1. The van der Waals surface area contributed by atoms with E-state index in [2.05, 4.69) is 0 Å². The molecule has 0 aliphatic rings. The number of ether oxygens (including phenoxy) is 1. The molecule has 102 valence electrons. The van der Waals surface area contributed by atoms with Gasteiger partial charge in [0.05, 0.1) is 17.9 Å². The highest BCUT2D eigenvalue weighted by Crippen LogP contribution is 2.29. The second-order valence-electron chi connectivity index (χ2n) is 4.34. The van der Waals surface area contributed by atoms with Crippen molar-refractivity contribution in [1.29, 1.82) is 0 Å². The average molecular weight is 280 g/mol. The molecule has 0 spiro atoms. The second-order valence-corrected chi connectivity index (χ2v) is 4.75. The third kappa shape index (κ3) is 3.52. The molecule has 2 rings (SSSR count). The number of hydrogen-bond donors (Lipinski definition) is 1. The molecule has 1 aromatic carbocycles. The fourth-order valence-electron chi connectivity index (χ4n) is 2.05. The lowest BCUT2D eigenvalue weighted by Crippen LogP contribution is -2.14. The van der Waals surface area contributed by atoms with Crippen LogP contribution >= 0.6 is 11.6 Å². The smallest absolute Gasteiger partial charge is 0.137 e. The topological polar surface area (TPSA) is 48.4 Å². The number of nitrogens with two attached hydrogens (primary N) is 1. The fourth-order valence-corrected chi connectivity index (χ4v) is 2.30. The van der Waals surface area contributed by atoms with Crippen molar-refractivity contribution in [2.24, 2.45) is 5.73 Å². The molecule has 0 fully saturated rings. The molecule has 0 saturated carbocycles. The lowest BCUT2D eigenvalue weighted by Gasteiger charge is -2.15. The third-order valence-corrected chi connectivity index (χ3v) is 3.33. The van der Waals surface area contributed by atoms with Gasteiger partial charge in [-0.15, -0.1) is 0 Å². The first kappa shape index (κ1) is 14.0. The van der Waals surface area contributed by atoms with E-state index in [4.69, 9.17) is 26.5 Å². The van der Waals surface area contributed by atoms with Gasteiger partial charge in [-0.2, -0.15) is 0 Å². The van der Waals surface area contributed by atoms with E-state index in [1.54, 1.807) is 6.26 Å². The first-order chi connectivity index (χ1) is 9.24. The molecular weight excluding hydrogens is 262 g/mol. The molecule has 1 unspecified atom stereocenters. The zero-order valence-electron chi connectivity index (χ0n) is 10.9. The van der Waals surface area contributed by atoms with Crippen molar-refractivity contribution in [3.05, 3.63) is 52.9 Å². The number of rotatable bonds is 6. The summed E-state index contributed by atoms with van der Waals surface area (Å²) in [6.45, 7) is 3.08. The van der Waals surface area contributed by atoms with E-state index in [9.17, 15) is 0 Å². The molecule has 2 aromatic rings. The minimum atomic E-state index is 0.194. The Balaban J connectivity index is 2.16. The van der Waals surface area contributed by atoms with Crippen molar-refractivity contribution >= 4 is 11.6 Å². The average Bonchev–Trinajstić information content (AvgIpc) is 2.91. The third-order valence-electron chi connectivity index (χ3n) is 3.04. The van der Waals surface area contributed by atoms with E-state index in [1.807, 2.05) is 37.3 Å². The quantitative estimate of drug-likeness (QED) is 0.879. The molecule has 19 heavy (non-hydrogen) atoms. The molecule has 0 bridgehead atoms. The Hall–Kier alpha value is -1.45. The Bertz CT molecular complexity index is 511. The van der Waals surface area contributed by atoms with Crippen molar-refractivity contribution in [2.45, 2.75) is 19.3 Å². The summed E-state index contributed by atoms with van der Waals surface area (Å²) >= 11 is 6.20. The second kappa shape index (κ2) is 6.64. The van der Waals surface area contributed by atoms with Crippen molar-refractivity contribution in [3.63, 3.8) is 0 Å². The van der Waals surface area contributed by atoms with Gasteiger partial charge in [0.2, 0.25) is 0 Å². The Morgan fingerprint density at radius 1 is 1.37 bits per heavy atom. The van der Waals surface area contributed by atoms with Crippen LogP contribution < -0.4 is 10.5 Å². The maximum Gasteiger partial charge on any atom is 0.137 e. The van der Waals surface area contributed by atoms with Gasteiger partial charge in [-0.1, -0.05) is 17.7 Å². The molecule has 4 heteroatoms. The molecule has 0 saturated heterocycles. The maximum atomic E-state index is 6.20. The SMILES string of the molecule is CCOc1ccc(C(CN)Cc2ccco2)cc1Cl. The largest absolute Gasteiger partial charge is 0.492 e. The summed E-state index contributed by atoms with van der Waals surface area (Å²) in [5.74, 6) is 1.83. The van der Waals surface area contributed by atoms with Crippen LogP contribution in [0.1, 0.15) is 24.2 Å². The lowest BCUT2D eigenvalue weighted by atomic mass is 9.94. The zero-order chi connectivity index (χ0) is 13.7. The van der Waals surface area contributed by atoms with Gasteiger partial charge in [0.1, 0.15) is 11.5 Å². The van der Waals surface area contributed by atoms with E-state index >= 15 is 0 Å². The molecule has 0 amide bonds. The number of halogens is 1. The lowest BCUT2D eigenvalue weighted by molar-refractivity contribution is 0.340. The monoisotopic (exact) mass is 279 g/mol. The molecule has 0 radical (unpaired) electrons. The van der Waals surface area contributed by atoms with Gasteiger partial charge >= 0.3 is 0 Å². The first-order valence-corrected chi connectivity index (χ1v) is 6.77. The fraction of sp³-hybridized carbons (Fsp3) is 0.333. The van der Waals surface area contributed by atoms with E-state index in [-0.39, 0.29) is 5.92 Å². The van der Waals surface area contributed by atoms with Crippen molar-refractivity contribution in [2.75, 3.05) is 13.2 Å². The van der Waals surface area contributed by atoms with Gasteiger partial charge in [-0.05, 0) is 43.3 Å². The van der Waals surface area contributed by atoms with E-state index in [0.717, 1.165) is 17.7 Å². The summed E-state index contributed by atoms with van der Waals surface area (Å²) in [4.78, 5) is 0. The van der Waals surface area contributed by atoms with Crippen molar-refractivity contribution in [1.82, 2.24) is 0 Å². The normalized spacial score (nSPS) is 12.4. The number of hydrogen-bond acceptors (Lipinski definition) is 3. The van der Waals surface area contributed by atoms with Crippen LogP contribution in [-0.2, 0) is 6.42 Å². The molecule has 2 N–H and O–H groups in total. The minimum Gasteiger partial charge on any atom is -0.492 e. The minimum absolute atomic E-state index is 0.194. The molecule has 1 atom stereocenters. The Labute approximate surface area is 118 Å². The van der Waals surface area contributed by atoms with Gasteiger partial charge in [0.15, 0.2) is 0 Å². The van der Waals surface area contributed by atoms with Gasteiger partial charge in [-0.3, -0.25) is 0 Å². The summed E-state index contributed by atoms with van der Waals surface area (Å²) in [5, 5.41) is 0.622. The highest BCUT2D eigenvalue weighted by atomic mass is 35.5. The van der Waals surface area contributed by atoms with Crippen LogP contribution in [0.25, 0.3) is 0 Å². The van der Waals surface area contributed by atoms with Crippen LogP contribution in [0.3, 0.4) is 0 Å². The van der Waals surface area contributed by atoms with Crippen LogP contribution in [0.5, 0.6) is 5.75 Å². The maximum absolute atomic E-state index is 6.20. The van der Waals surface area contributed by atoms with Gasteiger partial charge in [0, 0.05) is 12.3 Å².